The number of aromatic nitrogens is 1. The van der Waals surface area contributed by atoms with Gasteiger partial charge in [-0.1, -0.05) is 0 Å². The zero-order valence-corrected chi connectivity index (χ0v) is 10.7. The molecule has 0 aliphatic heterocycles. The number of rotatable bonds is 4. The van der Waals surface area contributed by atoms with Crippen molar-refractivity contribution in [1.82, 2.24) is 4.98 Å². The molecule has 3 nitrogen and oxygen atoms in total. The Hall–Kier alpha value is -2.15. The molecule has 21 heavy (non-hydrogen) atoms. The largest absolute Gasteiger partial charge is 0.484 e. The van der Waals surface area contributed by atoms with Crippen LogP contribution in [-0.4, -0.2) is 22.9 Å². The second-order valence-corrected chi connectivity index (χ2v) is 4.32. The van der Waals surface area contributed by atoms with E-state index in [4.69, 9.17) is 5.11 Å². The highest BCUT2D eigenvalue weighted by atomic mass is 19.4. The summed E-state index contributed by atoms with van der Waals surface area (Å²) < 4.78 is 54.3. The zero-order chi connectivity index (χ0) is 15.5. The van der Waals surface area contributed by atoms with Crippen molar-refractivity contribution in [1.29, 1.82) is 0 Å². The second kappa shape index (κ2) is 6.09. The van der Waals surface area contributed by atoms with Gasteiger partial charge in [0.2, 0.25) is 0 Å². The summed E-state index contributed by atoms with van der Waals surface area (Å²) in [4.78, 5) is 3.67. The topological polar surface area (TPSA) is 42.4 Å². The molecule has 0 aliphatic carbocycles. The molecule has 7 heteroatoms. The van der Waals surface area contributed by atoms with Gasteiger partial charge in [-0.3, -0.25) is 4.98 Å². The van der Waals surface area contributed by atoms with E-state index < -0.39 is 18.6 Å². The van der Waals surface area contributed by atoms with Crippen molar-refractivity contribution >= 4 is 0 Å². The first-order valence-electron chi connectivity index (χ1n) is 5.93. The molecule has 0 spiro atoms. The van der Waals surface area contributed by atoms with E-state index in [1.165, 1.54) is 30.5 Å². The van der Waals surface area contributed by atoms with Crippen molar-refractivity contribution in [2.75, 3.05) is 6.61 Å². The average molecular weight is 301 g/mol. The summed E-state index contributed by atoms with van der Waals surface area (Å²) in [6.45, 7) is -1.82. The Morgan fingerprint density at radius 2 is 1.81 bits per heavy atom. The average Bonchev–Trinajstić information content (AvgIpc) is 2.44. The van der Waals surface area contributed by atoms with Crippen LogP contribution in [0.2, 0.25) is 0 Å². The van der Waals surface area contributed by atoms with Gasteiger partial charge in [-0.2, -0.15) is 13.2 Å². The Morgan fingerprint density at radius 3 is 2.43 bits per heavy atom. The molecule has 0 fully saturated rings. The maximum atomic E-state index is 13.1. The van der Waals surface area contributed by atoms with Crippen LogP contribution in [-0.2, 0) is 6.61 Å². The maximum Gasteiger partial charge on any atom is 0.422 e. The van der Waals surface area contributed by atoms with E-state index in [2.05, 4.69) is 9.72 Å². The van der Waals surface area contributed by atoms with Gasteiger partial charge in [-0.05, 0) is 35.4 Å². The van der Waals surface area contributed by atoms with E-state index in [-0.39, 0.29) is 12.4 Å². The summed E-state index contributed by atoms with van der Waals surface area (Å²) in [7, 11) is 0. The molecule has 0 atom stereocenters. The number of nitrogens with zero attached hydrogens (tertiary/aromatic N) is 1. The molecule has 2 aromatic rings. The molecular weight excluding hydrogens is 290 g/mol. The number of alkyl halides is 3. The van der Waals surface area contributed by atoms with Gasteiger partial charge in [-0.25, -0.2) is 4.39 Å². The Kier molecular flexibility index (Phi) is 4.42. The molecule has 0 unspecified atom stereocenters. The minimum atomic E-state index is -4.46. The lowest BCUT2D eigenvalue weighted by atomic mass is 10.0. The van der Waals surface area contributed by atoms with Crippen LogP contribution < -0.4 is 4.74 Å². The van der Waals surface area contributed by atoms with E-state index in [1.807, 2.05) is 0 Å². The lowest BCUT2D eigenvalue weighted by Crippen LogP contribution is -2.19. The van der Waals surface area contributed by atoms with Gasteiger partial charge in [0.15, 0.2) is 6.61 Å². The molecule has 112 valence electrons. The number of halogens is 4. The van der Waals surface area contributed by atoms with Crippen molar-refractivity contribution in [3.05, 3.63) is 48.0 Å². The number of benzene rings is 1. The molecule has 1 aromatic carbocycles. The monoisotopic (exact) mass is 301 g/mol. The van der Waals surface area contributed by atoms with Crippen LogP contribution in [0.3, 0.4) is 0 Å². The first-order valence-corrected chi connectivity index (χ1v) is 5.93. The Bertz CT molecular complexity index is 629. The number of ether oxygens (including phenoxy) is 1. The zero-order valence-electron chi connectivity index (χ0n) is 10.7. The quantitative estimate of drug-likeness (QED) is 0.881. The molecule has 1 N–H and O–H groups in total. The summed E-state index contributed by atoms with van der Waals surface area (Å²) in [6.07, 6.45) is -2.08. The van der Waals surface area contributed by atoms with Gasteiger partial charge in [0.05, 0.1) is 12.8 Å². The molecule has 2 rings (SSSR count). The van der Waals surface area contributed by atoms with E-state index in [0.717, 1.165) is 6.20 Å². The number of pyridine rings is 1. The smallest absolute Gasteiger partial charge is 0.422 e. The molecule has 0 radical (unpaired) electrons. The van der Waals surface area contributed by atoms with E-state index >= 15 is 0 Å². The Morgan fingerprint density at radius 1 is 1.05 bits per heavy atom. The third-order valence-electron chi connectivity index (χ3n) is 2.59. The highest BCUT2D eigenvalue weighted by molar-refractivity contribution is 5.65. The Labute approximate surface area is 117 Å². The predicted octanol–water partition coefficient (Wildman–Crippen LogP) is 3.32. The van der Waals surface area contributed by atoms with Gasteiger partial charge in [-0.15, -0.1) is 0 Å². The fourth-order valence-corrected chi connectivity index (χ4v) is 1.74. The van der Waals surface area contributed by atoms with Crippen molar-refractivity contribution in [2.45, 2.75) is 12.8 Å². The lowest BCUT2D eigenvalue weighted by Gasteiger charge is -2.12. The van der Waals surface area contributed by atoms with Crippen molar-refractivity contribution in [3.8, 4) is 16.9 Å². The first-order chi connectivity index (χ1) is 9.87. The lowest BCUT2D eigenvalue weighted by molar-refractivity contribution is -0.153. The minimum absolute atomic E-state index is 0.0573. The molecule has 0 aliphatic rings. The van der Waals surface area contributed by atoms with Gasteiger partial charge in [0, 0.05) is 11.8 Å². The fourth-order valence-electron chi connectivity index (χ4n) is 1.74. The van der Waals surface area contributed by atoms with Crippen LogP contribution in [0.25, 0.3) is 11.1 Å². The summed E-state index contributed by atoms with van der Waals surface area (Å²) in [5.41, 5.74) is 1.14. The van der Waals surface area contributed by atoms with E-state index in [9.17, 15) is 17.6 Å². The molecule has 0 amide bonds. The summed E-state index contributed by atoms with van der Waals surface area (Å²) in [6, 6.07) is 5.34. The predicted molar refractivity (Wildman–Crippen MR) is 67.1 cm³/mol. The highest BCUT2D eigenvalue weighted by Gasteiger charge is 2.28. The third-order valence-corrected chi connectivity index (χ3v) is 2.59. The molecule has 0 saturated heterocycles. The number of aliphatic hydroxyl groups excluding tert-OH is 1. The normalized spacial score (nSPS) is 11.5. The third kappa shape index (κ3) is 4.42. The molecule has 1 aromatic heterocycles. The van der Waals surface area contributed by atoms with E-state index in [1.54, 1.807) is 0 Å². The first kappa shape index (κ1) is 15.2. The van der Waals surface area contributed by atoms with Gasteiger partial charge in [0.25, 0.3) is 0 Å². The van der Waals surface area contributed by atoms with Gasteiger partial charge < -0.3 is 9.84 Å². The number of hydrogen-bond acceptors (Lipinski definition) is 3. The fraction of sp³-hybridized carbons (Fsp3) is 0.214. The number of aliphatic hydroxyl groups is 1. The molecule has 1 heterocycles. The van der Waals surface area contributed by atoms with Crippen LogP contribution in [0, 0.1) is 5.82 Å². The van der Waals surface area contributed by atoms with Crippen LogP contribution in [0.15, 0.2) is 36.7 Å². The van der Waals surface area contributed by atoms with Crippen LogP contribution >= 0.6 is 0 Å². The molecular formula is C14H11F4NO2. The maximum absolute atomic E-state index is 13.1. The van der Waals surface area contributed by atoms with E-state index in [0.29, 0.717) is 16.7 Å². The summed E-state index contributed by atoms with van der Waals surface area (Å²) in [5, 5.41) is 9.15. The summed E-state index contributed by atoms with van der Waals surface area (Å²) >= 11 is 0. The molecule has 0 bridgehead atoms. The van der Waals surface area contributed by atoms with Crippen LogP contribution in [0.1, 0.15) is 5.56 Å². The van der Waals surface area contributed by atoms with Crippen molar-refractivity contribution in [3.63, 3.8) is 0 Å². The highest BCUT2D eigenvalue weighted by Crippen LogP contribution is 2.27. The number of hydrogen-bond donors (Lipinski definition) is 1. The van der Waals surface area contributed by atoms with Gasteiger partial charge >= 0.3 is 6.18 Å². The minimum Gasteiger partial charge on any atom is -0.484 e. The molecule has 0 saturated carbocycles. The van der Waals surface area contributed by atoms with Crippen LogP contribution in [0.4, 0.5) is 17.6 Å². The Balaban J connectivity index is 2.33. The SMILES string of the molecule is OCc1cc(OCC(F)(F)F)cc(-c2cncc(F)c2)c1. The summed E-state index contributed by atoms with van der Waals surface area (Å²) in [5.74, 6) is -0.627. The van der Waals surface area contributed by atoms with Crippen molar-refractivity contribution in [2.24, 2.45) is 0 Å². The standard InChI is InChI=1S/C14H11F4NO2/c15-12-3-11(5-19-6-12)10-1-9(7-20)2-13(4-10)21-8-14(16,17)18/h1-6,20H,7-8H2. The van der Waals surface area contributed by atoms with Gasteiger partial charge in [0.1, 0.15) is 11.6 Å². The van der Waals surface area contributed by atoms with Crippen molar-refractivity contribution < 1.29 is 27.4 Å². The van der Waals surface area contributed by atoms with Crippen LogP contribution in [0.5, 0.6) is 5.75 Å². The second-order valence-electron chi connectivity index (χ2n) is 4.32.